The van der Waals surface area contributed by atoms with Gasteiger partial charge >= 0.3 is 6.03 Å². The minimum Gasteiger partial charge on any atom is -0.395 e. The number of hydrogen-bond acceptors (Lipinski definition) is 2. The van der Waals surface area contributed by atoms with Crippen LogP contribution in [0.5, 0.6) is 0 Å². The Balaban J connectivity index is 2.63. The van der Waals surface area contributed by atoms with Crippen molar-refractivity contribution in [3.05, 3.63) is 35.6 Å². The zero-order chi connectivity index (χ0) is 15.9. The van der Waals surface area contributed by atoms with Crippen LogP contribution in [0, 0.1) is 5.82 Å². The molecule has 2 amide bonds. The smallest absolute Gasteiger partial charge is 0.317 e. The lowest BCUT2D eigenvalue weighted by molar-refractivity contribution is 0.175. The highest BCUT2D eigenvalue weighted by molar-refractivity contribution is 5.74. The Hall–Kier alpha value is -1.62. The van der Waals surface area contributed by atoms with E-state index in [0.717, 1.165) is 12.0 Å². The first-order valence-electron chi connectivity index (χ1n) is 7.30. The minimum absolute atomic E-state index is 0.0469. The molecule has 0 atom stereocenters. The van der Waals surface area contributed by atoms with Crippen LogP contribution in [-0.2, 0) is 5.41 Å². The first-order chi connectivity index (χ1) is 9.90. The van der Waals surface area contributed by atoms with Crippen molar-refractivity contribution in [3.63, 3.8) is 0 Å². The quantitative estimate of drug-likeness (QED) is 0.812. The molecule has 1 rings (SSSR count). The minimum atomic E-state index is -0.291. The Morgan fingerprint density at radius 1 is 1.29 bits per heavy atom. The standard InChI is InChI=1S/C16H25FN2O2/c1-4-9-19(10-11-20)15(21)18-12-16(2,3)13-5-7-14(17)8-6-13/h5-8,20H,4,9-12H2,1-3H3,(H,18,21). The van der Waals surface area contributed by atoms with Gasteiger partial charge < -0.3 is 15.3 Å². The van der Waals surface area contributed by atoms with Gasteiger partial charge in [-0.3, -0.25) is 0 Å². The van der Waals surface area contributed by atoms with Gasteiger partial charge in [0.15, 0.2) is 0 Å². The molecule has 1 aromatic rings. The molecule has 0 aliphatic heterocycles. The van der Waals surface area contributed by atoms with Crippen LogP contribution < -0.4 is 5.32 Å². The number of carbonyl (C=O) groups is 1. The Morgan fingerprint density at radius 2 is 1.90 bits per heavy atom. The highest BCUT2D eigenvalue weighted by atomic mass is 19.1. The molecular weight excluding hydrogens is 271 g/mol. The molecule has 0 bridgehead atoms. The molecule has 0 spiro atoms. The first-order valence-corrected chi connectivity index (χ1v) is 7.30. The molecule has 0 heterocycles. The van der Waals surface area contributed by atoms with E-state index in [1.54, 1.807) is 17.0 Å². The summed E-state index contributed by atoms with van der Waals surface area (Å²) in [5.41, 5.74) is 0.675. The van der Waals surface area contributed by atoms with Crippen molar-refractivity contribution in [2.45, 2.75) is 32.6 Å². The molecule has 0 radical (unpaired) electrons. The SMILES string of the molecule is CCCN(CCO)C(=O)NCC(C)(C)c1ccc(F)cc1. The highest BCUT2D eigenvalue weighted by Gasteiger charge is 2.22. The Bertz CT molecular complexity index is 440. The number of halogens is 1. The van der Waals surface area contributed by atoms with Gasteiger partial charge in [0.05, 0.1) is 6.61 Å². The number of nitrogens with zero attached hydrogens (tertiary/aromatic N) is 1. The van der Waals surface area contributed by atoms with Gasteiger partial charge in [0.25, 0.3) is 0 Å². The summed E-state index contributed by atoms with van der Waals surface area (Å²) < 4.78 is 13.0. The van der Waals surface area contributed by atoms with Gasteiger partial charge in [-0.1, -0.05) is 32.9 Å². The number of rotatable bonds is 7. The fraction of sp³-hybridized carbons (Fsp3) is 0.562. The van der Waals surface area contributed by atoms with E-state index in [0.29, 0.717) is 19.6 Å². The third-order valence-electron chi connectivity index (χ3n) is 3.46. The van der Waals surface area contributed by atoms with E-state index in [2.05, 4.69) is 5.32 Å². The van der Waals surface area contributed by atoms with Crippen molar-refractivity contribution in [3.8, 4) is 0 Å². The van der Waals surface area contributed by atoms with Crippen LogP contribution in [0.4, 0.5) is 9.18 Å². The maximum Gasteiger partial charge on any atom is 0.317 e. The molecule has 2 N–H and O–H groups in total. The summed E-state index contributed by atoms with van der Waals surface area (Å²) in [5.74, 6) is -0.268. The summed E-state index contributed by atoms with van der Waals surface area (Å²) in [6.07, 6.45) is 0.842. The van der Waals surface area contributed by atoms with E-state index in [4.69, 9.17) is 5.11 Å². The van der Waals surface area contributed by atoms with E-state index in [1.807, 2.05) is 20.8 Å². The summed E-state index contributed by atoms with van der Waals surface area (Å²) >= 11 is 0. The lowest BCUT2D eigenvalue weighted by Crippen LogP contribution is -2.46. The molecule has 5 heteroatoms. The van der Waals surface area contributed by atoms with Gasteiger partial charge in [-0.05, 0) is 24.1 Å². The summed E-state index contributed by atoms with van der Waals surface area (Å²) in [4.78, 5) is 13.7. The number of urea groups is 1. The molecule has 0 aliphatic rings. The molecule has 0 saturated heterocycles. The molecular formula is C16H25FN2O2. The van der Waals surface area contributed by atoms with Crippen LogP contribution in [-0.4, -0.2) is 42.3 Å². The average molecular weight is 296 g/mol. The number of aliphatic hydroxyl groups is 1. The molecule has 21 heavy (non-hydrogen) atoms. The molecule has 1 aromatic carbocycles. The van der Waals surface area contributed by atoms with Gasteiger partial charge in [-0.2, -0.15) is 0 Å². The van der Waals surface area contributed by atoms with Crippen molar-refractivity contribution < 1.29 is 14.3 Å². The zero-order valence-corrected chi connectivity index (χ0v) is 13.0. The van der Waals surface area contributed by atoms with Crippen molar-refractivity contribution >= 4 is 6.03 Å². The molecule has 0 saturated carbocycles. The molecule has 4 nitrogen and oxygen atoms in total. The summed E-state index contributed by atoms with van der Waals surface area (Å²) in [6.45, 7) is 7.32. The molecule has 118 valence electrons. The predicted octanol–water partition coefficient (Wildman–Crippen LogP) is 2.52. The Morgan fingerprint density at radius 3 is 2.43 bits per heavy atom. The van der Waals surface area contributed by atoms with Crippen LogP contribution >= 0.6 is 0 Å². The largest absolute Gasteiger partial charge is 0.395 e. The zero-order valence-electron chi connectivity index (χ0n) is 13.0. The van der Waals surface area contributed by atoms with Gasteiger partial charge in [0.1, 0.15) is 5.82 Å². The molecule has 0 fully saturated rings. The second-order valence-electron chi connectivity index (χ2n) is 5.76. The number of hydrogen-bond donors (Lipinski definition) is 2. The molecule has 0 aliphatic carbocycles. The van der Waals surface area contributed by atoms with E-state index >= 15 is 0 Å². The third-order valence-corrected chi connectivity index (χ3v) is 3.46. The molecule has 0 unspecified atom stereocenters. The van der Waals surface area contributed by atoms with Crippen molar-refractivity contribution in [1.82, 2.24) is 10.2 Å². The van der Waals surface area contributed by atoms with Crippen molar-refractivity contribution in [2.24, 2.45) is 0 Å². The predicted molar refractivity (Wildman–Crippen MR) is 81.8 cm³/mol. The van der Waals surface area contributed by atoms with Crippen LogP contribution in [0.1, 0.15) is 32.8 Å². The fourth-order valence-corrected chi connectivity index (χ4v) is 2.12. The number of benzene rings is 1. The number of aliphatic hydroxyl groups excluding tert-OH is 1. The normalized spacial score (nSPS) is 11.3. The number of nitrogens with one attached hydrogen (secondary N) is 1. The second kappa shape index (κ2) is 7.98. The monoisotopic (exact) mass is 296 g/mol. The first kappa shape index (κ1) is 17.4. The maximum atomic E-state index is 13.0. The van der Waals surface area contributed by atoms with Crippen molar-refractivity contribution in [1.29, 1.82) is 0 Å². The second-order valence-corrected chi connectivity index (χ2v) is 5.76. The topological polar surface area (TPSA) is 52.6 Å². The average Bonchev–Trinajstić information content (AvgIpc) is 2.45. The van der Waals surface area contributed by atoms with Gasteiger partial charge in [0.2, 0.25) is 0 Å². The van der Waals surface area contributed by atoms with E-state index in [9.17, 15) is 9.18 Å². The van der Waals surface area contributed by atoms with Crippen LogP contribution in [0.15, 0.2) is 24.3 Å². The van der Waals surface area contributed by atoms with Crippen molar-refractivity contribution in [2.75, 3.05) is 26.2 Å². The Kier molecular flexibility index (Phi) is 6.62. The Labute approximate surface area is 126 Å². The summed E-state index contributed by atoms with van der Waals surface area (Å²) in [5, 5.41) is 11.9. The number of carbonyl (C=O) groups excluding carboxylic acids is 1. The van der Waals surface area contributed by atoms with E-state index in [-0.39, 0.29) is 23.9 Å². The van der Waals surface area contributed by atoms with E-state index < -0.39 is 0 Å². The van der Waals surface area contributed by atoms with Crippen LogP contribution in [0.2, 0.25) is 0 Å². The van der Waals surface area contributed by atoms with Gasteiger partial charge in [-0.25, -0.2) is 9.18 Å². The van der Waals surface area contributed by atoms with E-state index in [1.165, 1.54) is 12.1 Å². The van der Waals surface area contributed by atoms with Crippen LogP contribution in [0.3, 0.4) is 0 Å². The van der Waals surface area contributed by atoms with Gasteiger partial charge in [0, 0.05) is 25.0 Å². The fourth-order valence-electron chi connectivity index (χ4n) is 2.12. The number of amides is 2. The highest BCUT2D eigenvalue weighted by Crippen LogP contribution is 2.22. The molecule has 0 aromatic heterocycles. The summed E-state index contributed by atoms with van der Waals surface area (Å²) in [6, 6.07) is 6.14. The summed E-state index contributed by atoms with van der Waals surface area (Å²) in [7, 11) is 0. The van der Waals surface area contributed by atoms with Crippen LogP contribution in [0.25, 0.3) is 0 Å². The lowest BCUT2D eigenvalue weighted by Gasteiger charge is -2.28. The maximum absolute atomic E-state index is 13.0. The lowest BCUT2D eigenvalue weighted by atomic mass is 9.84. The third kappa shape index (κ3) is 5.34. The van der Waals surface area contributed by atoms with Gasteiger partial charge in [-0.15, -0.1) is 0 Å².